The van der Waals surface area contributed by atoms with E-state index in [4.69, 9.17) is 0 Å². The highest BCUT2D eigenvalue weighted by atomic mass is 16.3. The zero-order valence-electron chi connectivity index (χ0n) is 18.7. The number of aliphatic hydroxyl groups excluding tert-OH is 1. The van der Waals surface area contributed by atoms with Crippen LogP contribution in [0.1, 0.15) is 30.4 Å². The van der Waals surface area contributed by atoms with Gasteiger partial charge in [0.25, 0.3) is 0 Å². The average molecular weight is 438 g/mol. The van der Waals surface area contributed by atoms with Crippen molar-refractivity contribution in [3.8, 4) is 0 Å². The molecule has 2 aromatic carbocycles. The van der Waals surface area contributed by atoms with E-state index in [9.17, 15) is 15.0 Å². The summed E-state index contributed by atoms with van der Waals surface area (Å²) in [4.78, 5) is 16.9. The van der Waals surface area contributed by atoms with Gasteiger partial charge in [-0.3, -0.25) is 9.69 Å². The summed E-state index contributed by atoms with van der Waals surface area (Å²) < 4.78 is 0. The van der Waals surface area contributed by atoms with Gasteiger partial charge < -0.3 is 20.4 Å². The number of nitrogens with zero attached hydrogens (tertiary/aromatic N) is 2. The number of amides is 1. The van der Waals surface area contributed by atoms with E-state index < -0.39 is 11.7 Å². The number of carbonyl (C=O) groups excluding carboxylic acids is 1. The minimum Gasteiger partial charge on any atom is -0.390 e. The van der Waals surface area contributed by atoms with Gasteiger partial charge in [0.05, 0.1) is 19.1 Å². The van der Waals surface area contributed by atoms with Crippen LogP contribution in [0.15, 0.2) is 60.7 Å². The number of rotatable bonds is 7. The molecule has 2 saturated heterocycles. The second kappa shape index (κ2) is 10.6. The molecule has 2 aliphatic rings. The predicted octanol–water partition coefficient (Wildman–Crippen LogP) is 1.81. The Kier molecular flexibility index (Phi) is 7.58. The highest BCUT2D eigenvalue weighted by molar-refractivity contribution is 5.79. The number of piperidine rings is 2. The van der Waals surface area contributed by atoms with Gasteiger partial charge in [0.15, 0.2) is 0 Å². The van der Waals surface area contributed by atoms with Crippen molar-refractivity contribution in [1.29, 1.82) is 0 Å². The average Bonchev–Trinajstić information content (AvgIpc) is 2.82. The summed E-state index contributed by atoms with van der Waals surface area (Å²) in [7, 11) is 0. The first-order valence-electron chi connectivity index (χ1n) is 11.7. The molecule has 172 valence electrons. The molecule has 0 unspecified atom stereocenters. The lowest BCUT2D eigenvalue weighted by atomic mass is 9.88. The van der Waals surface area contributed by atoms with Crippen LogP contribution < -0.4 is 5.32 Å². The van der Waals surface area contributed by atoms with Gasteiger partial charge in [-0.25, -0.2) is 0 Å². The smallest absolute Gasteiger partial charge is 0.227 e. The second-order valence-electron chi connectivity index (χ2n) is 9.30. The number of carbonyl (C=O) groups is 1. The van der Waals surface area contributed by atoms with Crippen LogP contribution in [0, 0.1) is 0 Å². The van der Waals surface area contributed by atoms with Crippen molar-refractivity contribution in [2.45, 2.75) is 50.0 Å². The number of likely N-dealkylation sites (tertiary alicyclic amines) is 2. The molecule has 2 aliphatic heterocycles. The van der Waals surface area contributed by atoms with E-state index in [0.717, 1.165) is 38.0 Å². The van der Waals surface area contributed by atoms with Crippen LogP contribution in [0.2, 0.25) is 0 Å². The third-order valence-corrected chi connectivity index (χ3v) is 6.84. The van der Waals surface area contributed by atoms with Crippen molar-refractivity contribution in [2.75, 3.05) is 32.7 Å². The Morgan fingerprint density at radius 1 is 0.938 bits per heavy atom. The summed E-state index contributed by atoms with van der Waals surface area (Å²) in [6.45, 7) is 3.93. The topological polar surface area (TPSA) is 76.0 Å². The molecule has 0 saturated carbocycles. The van der Waals surface area contributed by atoms with E-state index >= 15 is 0 Å². The largest absolute Gasteiger partial charge is 0.390 e. The maximum atomic E-state index is 12.8. The molecular formula is C26H35N3O3. The normalized spacial score (nSPS) is 25.1. The van der Waals surface area contributed by atoms with Gasteiger partial charge in [-0.15, -0.1) is 0 Å². The van der Waals surface area contributed by atoms with Crippen LogP contribution in [-0.4, -0.2) is 76.4 Å². The molecule has 0 spiro atoms. The van der Waals surface area contributed by atoms with Gasteiger partial charge in [0.1, 0.15) is 5.60 Å². The van der Waals surface area contributed by atoms with Crippen LogP contribution in [0.25, 0.3) is 0 Å². The number of aliphatic hydroxyl groups is 2. The first-order valence-corrected chi connectivity index (χ1v) is 11.7. The molecule has 6 heteroatoms. The molecule has 0 aromatic heterocycles. The van der Waals surface area contributed by atoms with E-state index in [-0.39, 0.29) is 12.5 Å². The van der Waals surface area contributed by atoms with E-state index in [1.807, 2.05) is 36.4 Å². The Morgan fingerprint density at radius 3 is 2.22 bits per heavy atom. The Morgan fingerprint density at radius 2 is 1.56 bits per heavy atom. The third kappa shape index (κ3) is 5.95. The predicted molar refractivity (Wildman–Crippen MR) is 125 cm³/mol. The Labute approximate surface area is 190 Å². The molecular weight excluding hydrogens is 402 g/mol. The van der Waals surface area contributed by atoms with Crippen LogP contribution in [0.3, 0.4) is 0 Å². The van der Waals surface area contributed by atoms with Crippen molar-refractivity contribution in [3.63, 3.8) is 0 Å². The van der Waals surface area contributed by atoms with Gasteiger partial charge in [0, 0.05) is 25.7 Å². The Balaban J connectivity index is 1.25. The van der Waals surface area contributed by atoms with Crippen molar-refractivity contribution in [2.24, 2.45) is 0 Å². The number of hydrogen-bond acceptors (Lipinski definition) is 5. The van der Waals surface area contributed by atoms with E-state index in [2.05, 4.69) is 34.5 Å². The monoisotopic (exact) mass is 437 g/mol. The van der Waals surface area contributed by atoms with Gasteiger partial charge in [-0.2, -0.15) is 0 Å². The molecule has 0 radical (unpaired) electrons. The van der Waals surface area contributed by atoms with Crippen molar-refractivity contribution in [3.05, 3.63) is 71.8 Å². The molecule has 6 nitrogen and oxygen atoms in total. The number of benzene rings is 2. The minimum absolute atomic E-state index is 0.00394. The lowest BCUT2D eigenvalue weighted by Gasteiger charge is -2.44. The number of hydrogen-bond donors (Lipinski definition) is 3. The van der Waals surface area contributed by atoms with Crippen LogP contribution in [-0.2, 0) is 17.8 Å². The first-order chi connectivity index (χ1) is 15.5. The highest BCUT2D eigenvalue weighted by Gasteiger charge is 2.42. The van der Waals surface area contributed by atoms with E-state index in [0.29, 0.717) is 32.0 Å². The lowest BCUT2D eigenvalue weighted by molar-refractivity contribution is -0.150. The molecule has 4 rings (SSSR count). The third-order valence-electron chi connectivity index (χ3n) is 6.84. The van der Waals surface area contributed by atoms with Crippen molar-refractivity contribution < 1.29 is 15.0 Å². The summed E-state index contributed by atoms with van der Waals surface area (Å²) in [5, 5.41) is 25.2. The first kappa shape index (κ1) is 22.9. The SMILES string of the molecule is O=C(Cc1ccccc1)N1CC[C@@H](O)[C@](O)(CNC2CCN(Cc3ccccc3)CC2)C1. The molecule has 0 aliphatic carbocycles. The number of nitrogens with one attached hydrogen (secondary N) is 1. The Bertz CT molecular complexity index is 855. The maximum absolute atomic E-state index is 12.8. The second-order valence-corrected chi connectivity index (χ2v) is 9.30. The maximum Gasteiger partial charge on any atom is 0.227 e. The molecule has 0 bridgehead atoms. The van der Waals surface area contributed by atoms with Crippen LogP contribution in [0.4, 0.5) is 0 Å². The van der Waals surface area contributed by atoms with E-state index in [1.165, 1.54) is 5.56 Å². The van der Waals surface area contributed by atoms with Gasteiger partial charge in [-0.1, -0.05) is 60.7 Å². The summed E-state index contributed by atoms with van der Waals surface area (Å²) in [5.74, 6) is -0.00394. The molecule has 2 heterocycles. The van der Waals surface area contributed by atoms with Crippen LogP contribution >= 0.6 is 0 Å². The zero-order chi connectivity index (χ0) is 22.4. The summed E-state index contributed by atoms with van der Waals surface area (Å²) in [5.41, 5.74) is 0.984. The van der Waals surface area contributed by atoms with E-state index in [1.54, 1.807) is 4.90 Å². The van der Waals surface area contributed by atoms with Gasteiger partial charge in [-0.05, 0) is 43.5 Å². The molecule has 2 fully saturated rings. The molecule has 3 N–H and O–H groups in total. The molecule has 32 heavy (non-hydrogen) atoms. The Hall–Kier alpha value is -2.25. The van der Waals surface area contributed by atoms with Crippen molar-refractivity contribution in [1.82, 2.24) is 15.1 Å². The summed E-state index contributed by atoms with van der Waals surface area (Å²) in [6.07, 6.45) is 1.91. The van der Waals surface area contributed by atoms with Crippen LogP contribution in [0.5, 0.6) is 0 Å². The zero-order valence-corrected chi connectivity index (χ0v) is 18.7. The summed E-state index contributed by atoms with van der Waals surface area (Å²) in [6, 6.07) is 20.5. The van der Waals surface area contributed by atoms with Gasteiger partial charge >= 0.3 is 0 Å². The molecule has 1 amide bonds. The fraction of sp³-hybridized carbons (Fsp3) is 0.500. The highest BCUT2D eigenvalue weighted by Crippen LogP contribution is 2.23. The number of β-amino-alcohol motifs (C(OH)–C–C–N with tert-alkyl or cyclic N) is 1. The minimum atomic E-state index is -1.31. The molecule has 2 atom stereocenters. The fourth-order valence-electron chi connectivity index (χ4n) is 4.79. The van der Waals surface area contributed by atoms with Crippen molar-refractivity contribution >= 4 is 5.91 Å². The van der Waals surface area contributed by atoms with Gasteiger partial charge in [0.2, 0.25) is 5.91 Å². The summed E-state index contributed by atoms with van der Waals surface area (Å²) >= 11 is 0. The fourth-order valence-corrected chi connectivity index (χ4v) is 4.79. The quantitative estimate of drug-likeness (QED) is 0.616. The lowest BCUT2D eigenvalue weighted by Crippen LogP contribution is -2.63. The standard InChI is InChI=1S/C26H35N3O3/c30-24-13-16-29(25(31)17-21-7-3-1-4-8-21)20-26(24,32)19-27-23-11-14-28(15-12-23)18-22-9-5-2-6-10-22/h1-10,23-24,27,30,32H,11-20H2/t24-,26+/m1/s1. The molecule has 2 aromatic rings.